The Morgan fingerprint density at radius 3 is 2.00 bits per heavy atom. The van der Waals surface area contributed by atoms with E-state index in [9.17, 15) is 9.59 Å². The summed E-state index contributed by atoms with van der Waals surface area (Å²) in [5.74, 6) is 0.837. The zero-order valence-electron chi connectivity index (χ0n) is 8.64. The number of nitrogens with zero attached hydrogens (tertiary/aromatic N) is 1. The molecule has 0 aromatic carbocycles. The second kappa shape index (κ2) is 2.04. The fraction of sp³-hybridized carbons (Fsp3) is 0.667. The minimum Gasteiger partial charge on any atom is -0.285 e. The van der Waals surface area contributed by atoms with Crippen molar-refractivity contribution in [1.29, 1.82) is 0 Å². The van der Waals surface area contributed by atoms with Crippen molar-refractivity contribution in [2.75, 3.05) is 7.05 Å². The molecule has 0 unspecified atom stereocenters. The van der Waals surface area contributed by atoms with E-state index in [4.69, 9.17) is 0 Å². The van der Waals surface area contributed by atoms with E-state index in [0.717, 1.165) is 0 Å². The molecule has 1 aliphatic heterocycles. The molecule has 0 N–H and O–H groups in total. The summed E-state index contributed by atoms with van der Waals surface area (Å²) in [4.78, 5) is 25.3. The Morgan fingerprint density at radius 1 is 1.13 bits per heavy atom. The van der Waals surface area contributed by atoms with E-state index in [0.29, 0.717) is 17.3 Å². The van der Waals surface area contributed by atoms with Crippen LogP contribution in [0.4, 0.5) is 0 Å². The van der Waals surface area contributed by atoms with E-state index >= 15 is 0 Å². The van der Waals surface area contributed by atoms with Crippen LogP contribution in [-0.4, -0.2) is 23.8 Å². The number of likely N-dealkylation sites (tertiary alicyclic amines) is 1. The Labute approximate surface area is 88.1 Å². The lowest BCUT2D eigenvalue weighted by molar-refractivity contribution is -0.139. The minimum absolute atomic E-state index is 0.0139. The Bertz CT molecular complexity index is 387. The Hall–Kier alpha value is -1.12. The molecule has 3 nitrogen and oxygen atoms in total. The van der Waals surface area contributed by atoms with Crippen molar-refractivity contribution in [2.45, 2.75) is 12.8 Å². The molecule has 1 heterocycles. The molecule has 3 aliphatic carbocycles. The number of amides is 2. The van der Waals surface area contributed by atoms with Crippen LogP contribution in [0.2, 0.25) is 0 Å². The number of carbonyl (C=O) groups excluding carboxylic acids is 2. The van der Waals surface area contributed by atoms with Crippen LogP contribution in [0.15, 0.2) is 12.2 Å². The number of rotatable bonds is 0. The van der Waals surface area contributed by atoms with Gasteiger partial charge in [0.2, 0.25) is 11.8 Å². The monoisotopic (exact) mass is 203 g/mol. The van der Waals surface area contributed by atoms with Gasteiger partial charge in [-0.15, -0.1) is 0 Å². The maximum atomic E-state index is 12.0. The van der Waals surface area contributed by atoms with Crippen LogP contribution < -0.4 is 0 Å². The fourth-order valence-corrected chi connectivity index (χ4v) is 4.23. The van der Waals surface area contributed by atoms with Crippen LogP contribution in [0.5, 0.6) is 0 Å². The Morgan fingerprint density at radius 2 is 1.60 bits per heavy atom. The molecule has 15 heavy (non-hydrogen) atoms. The first-order chi connectivity index (χ1) is 7.17. The molecule has 2 bridgehead atoms. The second-order valence-corrected chi connectivity index (χ2v) is 5.46. The molecular formula is C12H13NO2. The quantitative estimate of drug-likeness (QED) is 0.431. The van der Waals surface area contributed by atoms with Gasteiger partial charge in [0.1, 0.15) is 0 Å². The SMILES string of the molecule is CN1C(=O)[C@H]2[C@H](C1=O)[C@H]1C=C[C@H]2C12CC2. The van der Waals surface area contributed by atoms with Crippen molar-refractivity contribution < 1.29 is 9.59 Å². The van der Waals surface area contributed by atoms with Crippen molar-refractivity contribution in [3.8, 4) is 0 Å². The third-order valence-corrected chi connectivity index (χ3v) is 5.07. The first kappa shape index (κ1) is 8.08. The Kier molecular flexibility index (Phi) is 1.10. The lowest BCUT2D eigenvalue weighted by atomic mass is 9.85. The molecule has 0 aromatic rings. The largest absolute Gasteiger partial charge is 0.285 e. The molecular weight excluding hydrogens is 190 g/mol. The standard InChI is InChI=1S/C12H13NO2/c1-13-10(14)8-6-2-3-7(9(8)11(13)15)12(6)4-5-12/h2-3,6-9H,4-5H2,1H3/t6-,7-,8-,9-/m1/s1. The Balaban J connectivity index is 1.87. The first-order valence-electron chi connectivity index (χ1n) is 5.66. The number of imide groups is 1. The summed E-state index contributed by atoms with van der Waals surface area (Å²) < 4.78 is 0. The van der Waals surface area contributed by atoms with E-state index < -0.39 is 0 Å². The molecule has 4 aliphatic rings. The summed E-state index contributed by atoms with van der Waals surface area (Å²) in [6, 6.07) is 0. The summed E-state index contributed by atoms with van der Waals surface area (Å²) in [6.07, 6.45) is 6.82. The normalized spacial score (nSPS) is 48.2. The van der Waals surface area contributed by atoms with Crippen LogP contribution >= 0.6 is 0 Å². The molecule has 3 fully saturated rings. The molecule has 0 aromatic heterocycles. The van der Waals surface area contributed by atoms with Crippen LogP contribution in [-0.2, 0) is 9.59 Å². The van der Waals surface area contributed by atoms with Crippen LogP contribution in [0.25, 0.3) is 0 Å². The molecule has 0 radical (unpaired) electrons. The van der Waals surface area contributed by atoms with E-state index in [2.05, 4.69) is 12.2 Å². The van der Waals surface area contributed by atoms with Crippen molar-refractivity contribution in [3.63, 3.8) is 0 Å². The van der Waals surface area contributed by atoms with Gasteiger partial charge >= 0.3 is 0 Å². The smallest absolute Gasteiger partial charge is 0.233 e. The highest BCUT2D eigenvalue weighted by atomic mass is 16.2. The van der Waals surface area contributed by atoms with Crippen molar-refractivity contribution in [2.24, 2.45) is 29.1 Å². The van der Waals surface area contributed by atoms with Crippen LogP contribution in [0.1, 0.15) is 12.8 Å². The van der Waals surface area contributed by atoms with Gasteiger partial charge in [-0.2, -0.15) is 0 Å². The predicted molar refractivity (Wildman–Crippen MR) is 52.5 cm³/mol. The molecule has 1 spiro atoms. The number of carbonyl (C=O) groups is 2. The number of hydrogen-bond acceptors (Lipinski definition) is 2. The van der Waals surface area contributed by atoms with Crippen molar-refractivity contribution >= 4 is 11.8 Å². The van der Waals surface area contributed by atoms with E-state index in [1.165, 1.54) is 17.7 Å². The average Bonchev–Trinajstić information content (AvgIpc) is 2.85. The second-order valence-electron chi connectivity index (χ2n) is 5.46. The first-order valence-corrected chi connectivity index (χ1v) is 5.66. The van der Waals surface area contributed by atoms with Crippen LogP contribution in [0, 0.1) is 29.1 Å². The zero-order chi connectivity index (χ0) is 10.4. The van der Waals surface area contributed by atoms with Gasteiger partial charge in [0.25, 0.3) is 0 Å². The average molecular weight is 203 g/mol. The van der Waals surface area contributed by atoms with E-state index in [-0.39, 0.29) is 23.7 Å². The van der Waals surface area contributed by atoms with Gasteiger partial charge in [0.05, 0.1) is 11.8 Å². The number of hydrogen-bond donors (Lipinski definition) is 0. The van der Waals surface area contributed by atoms with E-state index in [1.54, 1.807) is 7.05 Å². The summed E-state index contributed by atoms with van der Waals surface area (Å²) in [5.41, 5.74) is 0.335. The highest BCUT2D eigenvalue weighted by molar-refractivity contribution is 6.06. The number of allylic oxidation sites excluding steroid dienone is 2. The van der Waals surface area contributed by atoms with Gasteiger partial charge in [-0.3, -0.25) is 14.5 Å². The van der Waals surface area contributed by atoms with Gasteiger partial charge in [0.15, 0.2) is 0 Å². The number of fused-ring (bicyclic) bond motifs is 3. The molecule has 4 rings (SSSR count). The van der Waals surface area contributed by atoms with Gasteiger partial charge in [-0.05, 0) is 30.1 Å². The van der Waals surface area contributed by atoms with E-state index in [1.807, 2.05) is 0 Å². The highest BCUT2D eigenvalue weighted by Crippen LogP contribution is 2.73. The zero-order valence-corrected chi connectivity index (χ0v) is 8.64. The summed E-state index contributed by atoms with van der Waals surface area (Å²) in [7, 11) is 1.63. The van der Waals surface area contributed by atoms with Crippen molar-refractivity contribution in [3.05, 3.63) is 12.2 Å². The molecule has 2 saturated carbocycles. The highest BCUT2D eigenvalue weighted by Gasteiger charge is 2.72. The van der Waals surface area contributed by atoms with Crippen LogP contribution in [0.3, 0.4) is 0 Å². The van der Waals surface area contributed by atoms with Gasteiger partial charge < -0.3 is 0 Å². The molecule has 2 amide bonds. The van der Waals surface area contributed by atoms with Gasteiger partial charge in [-0.1, -0.05) is 12.2 Å². The molecule has 4 atom stereocenters. The third kappa shape index (κ3) is 0.638. The van der Waals surface area contributed by atoms with Gasteiger partial charge in [0, 0.05) is 7.05 Å². The molecule has 78 valence electrons. The van der Waals surface area contributed by atoms with Gasteiger partial charge in [-0.25, -0.2) is 0 Å². The molecule has 1 saturated heterocycles. The predicted octanol–water partition coefficient (Wildman–Crippen LogP) is 0.813. The minimum atomic E-state index is -0.0139. The molecule has 3 heteroatoms. The fourth-order valence-electron chi connectivity index (χ4n) is 4.23. The summed E-state index contributed by atoms with van der Waals surface area (Å²) in [5, 5.41) is 0. The lowest BCUT2D eigenvalue weighted by Crippen LogP contribution is -2.31. The third-order valence-electron chi connectivity index (χ3n) is 5.07. The summed E-state index contributed by atoms with van der Waals surface area (Å²) >= 11 is 0. The van der Waals surface area contributed by atoms with Crippen molar-refractivity contribution in [1.82, 2.24) is 4.90 Å². The topological polar surface area (TPSA) is 37.4 Å². The maximum absolute atomic E-state index is 12.0. The lowest BCUT2D eigenvalue weighted by Gasteiger charge is -2.18. The summed E-state index contributed by atoms with van der Waals surface area (Å²) in [6.45, 7) is 0. The maximum Gasteiger partial charge on any atom is 0.233 e.